The molecule has 106 valence electrons. The van der Waals surface area contributed by atoms with Crippen molar-refractivity contribution in [3.05, 3.63) is 52.0 Å². The van der Waals surface area contributed by atoms with Crippen molar-refractivity contribution in [1.82, 2.24) is 9.97 Å². The molecule has 7 heteroatoms. The van der Waals surface area contributed by atoms with Crippen molar-refractivity contribution in [3.8, 4) is 5.75 Å². The summed E-state index contributed by atoms with van der Waals surface area (Å²) in [4.78, 5) is 7.41. The zero-order chi connectivity index (χ0) is 14.8. The summed E-state index contributed by atoms with van der Waals surface area (Å²) in [6.45, 7) is 0. The highest BCUT2D eigenvalue weighted by Crippen LogP contribution is 2.32. The van der Waals surface area contributed by atoms with Crippen LogP contribution in [0.1, 0.15) is 5.56 Å². The highest BCUT2D eigenvalue weighted by atomic mass is 35.5. The first kappa shape index (κ1) is 13.7. The molecule has 3 rings (SSSR count). The number of hydrazone groups is 1. The molecule has 0 unspecified atom stereocenters. The van der Waals surface area contributed by atoms with E-state index in [-0.39, 0.29) is 15.8 Å². The molecule has 3 aromatic rings. The lowest BCUT2D eigenvalue weighted by atomic mass is 10.2. The van der Waals surface area contributed by atoms with E-state index in [9.17, 15) is 5.11 Å². The molecule has 0 radical (unpaired) electrons. The van der Waals surface area contributed by atoms with Crippen molar-refractivity contribution in [2.45, 2.75) is 0 Å². The van der Waals surface area contributed by atoms with Crippen molar-refractivity contribution in [3.63, 3.8) is 0 Å². The van der Waals surface area contributed by atoms with Gasteiger partial charge in [0.25, 0.3) is 0 Å². The summed E-state index contributed by atoms with van der Waals surface area (Å²) in [5.74, 6) is 0.393. The van der Waals surface area contributed by atoms with Gasteiger partial charge in [-0.2, -0.15) is 5.10 Å². The van der Waals surface area contributed by atoms with E-state index in [1.165, 1.54) is 6.21 Å². The molecule has 0 aliphatic rings. The average Bonchev–Trinajstić information content (AvgIpc) is 2.87. The van der Waals surface area contributed by atoms with Gasteiger partial charge in [0, 0.05) is 0 Å². The molecule has 21 heavy (non-hydrogen) atoms. The molecule has 3 N–H and O–H groups in total. The molecule has 0 spiro atoms. The van der Waals surface area contributed by atoms with Gasteiger partial charge in [0.2, 0.25) is 5.95 Å². The van der Waals surface area contributed by atoms with Crippen LogP contribution in [0.15, 0.2) is 41.5 Å². The van der Waals surface area contributed by atoms with Crippen molar-refractivity contribution >= 4 is 46.4 Å². The summed E-state index contributed by atoms with van der Waals surface area (Å²) in [6.07, 6.45) is 1.53. The number of rotatable bonds is 3. The fourth-order valence-corrected chi connectivity index (χ4v) is 2.34. The molecule has 0 atom stereocenters. The van der Waals surface area contributed by atoms with Crippen LogP contribution < -0.4 is 5.43 Å². The Morgan fingerprint density at radius 2 is 1.90 bits per heavy atom. The predicted molar refractivity (Wildman–Crippen MR) is 85.4 cm³/mol. The number of hydrogen-bond acceptors (Lipinski definition) is 4. The quantitative estimate of drug-likeness (QED) is 0.504. The highest BCUT2D eigenvalue weighted by Gasteiger charge is 2.05. The molecule has 0 aliphatic heterocycles. The number of aromatic hydroxyl groups is 1. The Hall–Kier alpha value is -2.24. The Balaban J connectivity index is 1.77. The molecule has 0 saturated carbocycles. The van der Waals surface area contributed by atoms with Gasteiger partial charge < -0.3 is 10.1 Å². The maximum absolute atomic E-state index is 9.48. The lowest BCUT2D eigenvalue weighted by Crippen LogP contribution is -1.92. The first-order valence-electron chi connectivity index (χ1n) is 6.05. The number of benzene rings is 2. The molecule has 5 nitrogen and oxygen atoms in total. The normalized spacial score (nSPS) is 11.3. The molecule has 0 aliphatic carbocycles. The molecule has 0 bridgehead atoms. The van der Waals surface area contributed by atoms with Gasteiger partial charge in [0.15, 0.2) is 5.75 Å². The number of nitrogens with zero attached hydrogens (tertiary/aromatic N) is 2. The van der Waals surface area contributed by atoms with Gasteiger partial charge in [-0.05, 0) is 29.8 Å². The van der Waals surface area contributed by atoms with Crippen LogP contribution in [0.4, 0.5) is 5.95 Å². The Morgan fingerprint density at radius 1 is 1.19 bits per heavy atom. The van der Waals surface area contributed by atoms with Crippen molar-refractivity contribution in [2.75, 3.05) is 5.43 Å². The Bertz CT molecular complexity index is 773. The SMILES string of the molecule is Oc1c(Cl)cc(/C=N\Nc2nc3ccccc3[nH]2)cc1Cl. The monoisotopic (exact) mass is 320 g/mol. The minimum atomic E-state index is -0.138. The van der Waals surface area contributed by atoms with Gasteiger partial charge in [0.1, 0.15) is 0 Å². The second-order valence-electron chi connectivity index (χ2n) is 4.31. The van der Waals surface area contributed by atoms with E-state index in [4.69, 9.17) is 23.2 Å². The summed E-state index contributed by atoms with van der Waals surface area (Å²) < 4.78 is 0. The molecule has 2 aromatic carbocycles. The van der Waals surface area contributed by atoms with Crippen LogP contribution in [0.3, 0.4) is 0 Å². The standard InChI is InChI=1S/C14H10Cl2N4O/c15-9-5-8(6-10(16)13(9)21)7-17-20-14-18-11-3-1-2-4-12(11)19-14/h1-7,21H,(H2,18,19,20)/b17-7-. The van der Waals surface area contributed by atoms with E-state index in [2.05, 4.69) is 20.5 Å². The van der Waals surface area contributed by atoms with Crippen LogP contribution in [0, 0.1) is 0 Å². The van der Waals surface area contributed by atoms with Crippen LogP contribution in [0.2, 0.25) is 10.0 Å². The molecular formula is C14H10Cl2N4O. The van der Waals surface area contributed by atoms with Gasteiger partial charge in [-0.15, -0.1) is 0 Å². The first-order chi connectivity index (χ1) is 10.1. The summed E-state index contributed by atoms with van der Waals surface area (Å²) in [5, 5.41) is 13.9. The van der Waals surface area contributed by atoms with Crippen LogP contribution in [-0.2, 0) is 0 Å². The van der Waals surface area contributed by atoms with E-state index in [0.29, 0.717) is 11.5 Å². The largest absolute Gasteiger partial charge is 0.505 e. The molecule has 0 amide bonds. The lowest BCUT2D eigenvalue weighted by molar-refractivity contribution is 0.476. The van der Waals surface area contributed by atoms with Gasteiger partial charge in [0.05, 0.1) is 27.3 Å². The van der Waals surface area contributed by atoms with Gasteiger partial charge in [-0.25, -0.2) is 10.4 Å². The number of anilines is 1. The van der Waals surface area contributed by atoms with Gasteiger partial charge >= 0.3 is 0 Å². The molecule has 1 heterocycles. The van der Waals surface area contributed by atoms with E-state index in [1.54, 1.807) is 12.1 Å². The summed E-state index contributed by atoms with van der Waals surface area (Å²) in [5.41, 5.74) is 5.22. The Morgan fingerprint density at radius 3 is 2.62 bits per heavy atom. The van der Waals surface area contributed by atoms with Crippen LogP contribution in [-0.4, -0.2) is 21.3 Å². The number of H-pyrrole nitrogens is 1. The number of nitrogens with one attached hydrogen (secondary N) is 2. The van der Waals surface area contributed by atoms with Gasteiger partial charge in [-0.1, -0.05) is 35.3 Å². The lowest BCUT2D eigenvalue weighted by Gasteiger charge is -2.01. The third-order valence-corrected chi connectivity index (χ3v) is 3.39. The smallest absolute Gasteiger partial charge is 0.222 e. The predicted octanol–water partition coefficient (Wildman–Crippen LogP) is 4.02. The second kappa shape index (κ2) is 5.63. The number of phenolic OH excluding ortho intramolecular Hbond substituents is 1. The van der Waals surface area contributed by atoms with E-state index >= 15 is 0 Å². The summed E-state index contributed by atoms with van der Waals surface area (Å²) in [6, 6.07) is 10.8. The minimum absolute atomic E-state index is 0.138. The number of para-hydroxylation sites is 2. The molecule has 0 saturated heterocycles. The van der Waals surface area contributed by atoms with E-state index < -0.39 is 0 Å². The fourth-order valence-electron chi connectivity index (χ4n) is 1.83. The number of phenols is 1. The Kier molecular flexibility index (Phi) is 3.68. The number of hydrogen-bond donors (Lipinski definition) is 3. The minimum Gasteiger partial charge on any atom is -0.505 e. The summed E-state index contributed by atoms with van der Waals surface area (Å²) >= 11 is 11.7. The second-order valence-corrected chi connectivity index (χ2v) is 5.12. The average molecular weight is 321 g/mol. The number of halogens is 2. The van der Waals surface area contributed by atoms with Crippen molar-refractivity contribution < 1.29 is 5.11 Å². The highest BCUT2D eigenvalue weighted by molar-refractivity contribution is 6.37. The summed E-state index contributed by atoms with van der Waals surface area (Å²) in [7, 11) is 0. The van der Waals surface area contributed by atoms with Crippen molar-refractivity contribution in [1.29, 1.82) is 0 Å². The third-order valence-electron chi connectivity index (χ3n) is 2.81. The zero-order valence-corrected chi connectivity index (χ0v) is 12.2. The maximum atomic E-state index is 9.48. The fraction of sp³-hybridized carbons (Fsp3) is 0. The van der Waals surface area contributed by atoms with E-state index in [0.717, 1.165) is 11.0 Å². The molecular weight excluding hydrogens is 311 g/mol. The van der Waals surface area contributed by atoms with Crippen LogP contribution in [0.25, 0.3) is 11.0 Å². The number of aromatic amines is 1. The Labute approximate surface area is 130 Å². The third kappa shape index (κ3) is 2.94. The molecule has 0 fully saturated rings. The number of imidazole rings is 1. The zero-order valence-electron chi connectivity index (χ0n) is 10.6. The van der Waals surface area contributed by atoms with Crippen LogP contribution in [0.5, 0.6) is 5.75 Å². The maximum Gasteiger partial charge on any atom is 0.222 e. The first-order valence-corrected chi connectivity index (χ1v) is 6.81. The van der Waals surface area contributed by atoms with Crippen LogP contribution >= 0.6 is 23.2 Å². The number of aromatic nitrogens is 2. The van der Waals surface area contributed by atoms with Gasteiger partial charge in [-0.3, -0.25) is 0 Å². The van der Waals surface area contributed by atoms with E-state index in [1.807, 2.05) is 24.3 Å². The molecule has 1 aromatic heterocycles. The topological polar surface area (TPSA) is 73.3 Å². The van der Waals surface area contributed by atoms with Crippen molar-refractivity contribution in [2.24, 2.45) is 5.10 Å². The number of fused-ring (bicyclic) bond motifs is 1.